The fourth-order valence-electron chi connectivity index (χ4n) is 1.45. The zero-order valence-corrected chi connectivity index (χ0v) is 11.3. The van der Waals surface area contributed by atoms with Crippen LogP contribution in [0, 0.1) is 0 Å². The quantitative estimate of drug-likeness (QED) is 0.749. The number of anilines is 2. The molecule has 0 saturated carbocycles. The SMILES string of the molecule is CCOCc1nc(N)cc(N(C)CCC(C)O)n1. The molecule has 0 fully saturated rings. The second kappa shape index (κ2) is 7.13. The molecular formula is C12H22N4O2. The highest BCUT2D eigenvalue weighted by molar-refractivity contribution is 5.46. The van der Waals surface area contributed by atoms with Crippen LogP contribution in [0.5, 0.6) is 0 Å². The first kappa shape index (κ1) is 14.7. The molecule has 1 atom stereocenters. The monoisotopic (exact) mass is 254 g/mol. The number of hydrogen-bond acceptors (Lipinski definition) is 6. The van der Waals surface area contributed by atoms with Crippen LogP contribution in [0.25, 0.3) is 0 Å². The van der Waals surface area contributed by atoms with Crippen molar-refractivity contribution in [1.29, 1.82) is 0 Å². The maximum Gasteiger partial charge on any atom is 0.158 e. The highest BCUT2D eigenvalue weighted by atomic mass is 16.5. The highest BCUT2D eigenvalue weighted by Crippen LogP contribution is 2.13. The summed E-state index contributed by atoms with van der Waals surface area (Å²) in [5, 5.41) is 9.27. The Balaban J connectivity index is 2.71. The van der Waals surface area contributed by atoms with Crippen molar-refractivity contribution in [3.8, 4) is 0 Å². The lowest BCUT2D eigenvalue weighted by atomic mass is 10.3. The van der Waals surface area contributed by atoms with Crippen LogP contribution in [0.3, 0.4) is 0 Å². The summed E-state index contributed by atoms with van der Waals surface area (Å²) in [6, 6.07) is 1.72. The summed E-state index contributed by atoms with van der Waals surface area (Å²) in [5.41, 5.74) is 5.74. The van der Waals surface area contributed by atoms with Crippen LogP contribution in [0.4, 0.5) is 11.6 Å². The fraction of sp³-hybridized carbons (Fsp3) is 0.667. The van der Waals surface area contributed by atoms with Gasteiger partial charge < -0.3 is 20.5 Å². The second-order valence-corrected chi connectivity index (χ2v) is 4.26. The third-order valence-corrected chi connectivity index (χ3v) is 2.49. The Labute approximate surface area is 108 Å². The van der Waals surface area contributed by atoms with E-state index in [0.717, 1.165) is 5.82 Å². The topological polar surface area (TPSA) is 84.5 Å². The second-order valence-electron chi connectivity index (χ2n) is 4.26. The number of aromatic nitrogens is 2. The average Bonchev–Trinajstić information content (AvgIpc) is 2.32. The Hall–Kier alpha value is -1.40. The van der Waals surface area contributed by atoms with Gasteiger partial charge in [-0.2, -0.15) is 0 Å². The Kier molecular flexibility index (Phi) is 5.80. The third-order valence-electron chi connectivity index (χ3n) is 2.49. The van der Waals surface area contributed by atoms with E-state index in [1.165, 1.54) is 0 Å². The number of nitrogens with two attached hydrogens (primary N) is 1. The van der Waals surface area contributed by atoms with E-state index in [0.29, 0.717) is 37.8 Å². The maximum absolute atomic E-state index is 9.27. The summed E-state index contributed by atoms with van der Waals surface area (Å²) in [6.07, 6.45) is 0.357. The third kappa shape index (κ3) is 4.85. The molecule has 1 aromatic heterocycles. The van der Waals surface area contributed by atoms with Crippen LogP contribution in [0.15, 0.2) is 6.07 Å². The van der Waals surface area contributed by atoms with E-state index in [4.69, 9.17) is 10.5 Å². The van der Waals surface area contributed by atoms with Crippen molar-refractivity contribution in [2.45, 2.75) is 33.0 Å². The molecule has 0 saturated heterocycles. The zero-order valence-electron chi connectivity index (χ0n) is 11.3. The van der Waals surface area contributed by atoms with Gasteiger partial charge in [-0.3, -0.25) is 0 Å². The largest absolute Gasteiger partial charge is 0.393 e. The van der Waals surface area contributed by atoms with Crippen molar-refractivity contribution in [1.82, 2.24) is 9.97 Å². The van der Waals surface area contributed by atoms with Gasteiger partial charge in [-0.1, -0.05) is 0 Å². The van der Waals surface area contributed by atoms with Gasteiger partial charge in [0.2, 0.25) is 0 Å². The average molecular weight is 254 g/mol. The predicted octanol–water partition coefficient (Wildman–Crippen LogP) is 0.802. The van der Waals surface area contributed by atoms with Crippen LogP contribution < -0.4 is 10.6 Å². The van der Waals surface area contributed by atoms with Crippen molar-refractivity contribution < 1.29 is 9.84 Å². The lowest BCUT2D eigenvalue weighted by molar-refractivity contribution is 0.128. The molecule has 3 N–H and O–H groups in total. The van der Waals surface area contributed by atoms with E-state index >= 15 is 0 Å². The minimum atomic E-state index is -0.325. The summed E-state index contributed by atoms with van der Waals surface area (Å²) in [7, 11) is 1.91. The fourth-order valence-corrected chi connectivity index (χ4v) is 1.45. The van der Waals surface area contributed by atoms with Gasteiger partial charge in [0, 0.05) is 26.3 Å². The van der Waals surface area contributed by atoms with E-state index in [1.807, 2.05) is 18.9 Å². The van der Waals surface area contributed by atoms with Crippen LogP contribution in [0.1, 0.15) is 26.1 Å². The van der Waals surface area contributed by atoms with Gasteiger partial charge in [0.25, 0.3) is 0 Å². The minimum Gasteiger partial charge on any atom is -0.393 e. The predicted molar refractivity (Wildman–Crippen MR) is 71.3 cm³/mol. The number of nitrogens with zero attached hydrogens (tertiary/aromatic N) is 3. The van der Waals surface area contributed by atoms with E-state index in [-0.39, 0.29) is 6.10 Å². The lowest BCUT2D eigenvalue weighted by Gasteiger charge is -2.19. The molecule has 102 valence electrons. The van der Waals surface area contributed by atoms with Crippen LogP contribution in [-0.4, -0.2) is 41.4 Å². The van der Waals surface area contributed by atoms with Crippen LogP contribution in [-0.2, 0) is 11.3 Å². The van der Waals surface area contributed by atoms with Crippen molar-refractivity contribution in [2.75, 3.05) is 30.8 Å². The summed E-state index contributed by atoms with van der Waals surface area (Å²) < 4.78 is 5.27. The van der Waals surface area contributed by atoms with Gasteiger partial charge in [0.1, 0.15) is 18.2 Å². The van der Waals surface area contributed by atoms with Crippen molar-refractivity contribution in [3.63, 3.8) is 0 Å². The molecular weight excluding hydrogens is 232 g/mol. The highest BCUT2D eigenvalue weighted by Gasteiger charge is 2.08. The Bertz CT molecular complexity index is 371. The summed E-state index contributed by atoms with van der Waals surface area (Å²) in [4.78, 5) is 10.4. The Morgan fingerprint density at radius 2 is 2.22 bits per heavy atom. The van der Waals surface area contributed by atoms with E-state index < -0.39 is 0 Å². The summed E-state index contributed by atoms with van der Waals surface area (Å²) >= 11 is 0. The standard InChI is InChI=1S/C12H22N4O2/c1-4-18-8-11-14-10(13)7-12(15-11)16(3)6-5-9(2)17/h7,9,17H,4-6,8H2,1-3H3,(H2,13,14,15). The first-order valence-corrected chi connectivity index (χ1v) is 6.13. The molecule has 1 unspecified atom stereocenters. The van der Waals surface area contributed by atoms with Crippen molar-refractivity contribution in [3.05, 3.63) is 11.9 Å². The van der Waals surface area contributed by atoms with Crippen molar-refractivity contribution in [2.24, 2.45) is 0 Å². The first-order chi connectivity index (χ1) is 8.52. The van der Waals surface area contributed by atoms with E-state index in [2.05, 4.69) is 9.97 Å². The molecule has 1 rings (SSSR count). The number of nitrogen functional groups attached to an aromatic ring is 1. The van der Waals surface area contributed by atoms with Gasteiger partial charge in [-0.15, -0.1) is 0 Å². The normalized spacial score (nSPS) is 12.4. The maximum atomic E-state index is 9.27. The van der Waals surface area contributed by atoms with Crippen molar-refractivity contribution >= 4 is 11.6 Å². The minimum absolute atomic E-state index is 0.325. The van der Waals surface area contributed by atoms with Crippen LogP contribution >= 0.6 is 0 Å². The van der Waals surface area contributed by atoms with Gasteiger partial charge in [-0.25, -0.2) is 9.97 Å². The molecule has 0 aliphatic carbocycles. The molecule has 0 amide bonds. The van der Waals surface area contributed by atoms with Gasteiger partial charge >= 0.3 is 0 Å². The molecule has 0 radical (unpaired) electrons. The Morgan fingerprint density at radius 3 is 2.83 bits per heavy atom. The molecule has 0 aliphatic heterocycles. The Morgan fingerprint density at radius 1 is 1.50 bits per heavy atom. The first-order valence-electron chi connectivity index (χ1n) is 6.13. The van der Waals surface area contributed by atoms with E-state index in [1.54, 1.807) is 13.0 Å². The van der Waals surface area contributed by atoms with Gasteiger partial charge in [0.15, 0.2) is 5.82 Å². The molecule has 18 heavy (non-hydrogen) atoms. The van der Waals surface area contributed by atoms with Crippen LogP contribution in [0.2, 0.25) is 0 Å². The summed E-state index contributed by atoms with van der Waals surface area (Å²) in [6.45, 7) is 5.37. The van der Waals surface area contributed by atoms with Gasteiger partial charge in [0.05, 0.1) is 6.10 Å². The van der Waals surface area contributed by atoms with E-state index in [9.17, 15) is 5.11 Å². The number of rotatable bonds is 7. The number of hydrogen-bond donors (Lipinski definition) is 2. The molecule has 0 bridgehead atoms. The molecule has 1 heterocycles. The summed E-state index contributed by atoms with van der Waals surface area (Å²) in [5.74, 6) is 1.76. The zero-order chi connectivity index (χ0) is 13.5. The smallest absolute Gasteiger partial charge is 0.158 e. The molecule has 0 aromatic carbocycles. The number of aliphatic hydroxyl groups excluding tert-OH is 1. The lowest BCUT2D eigenvalue weighted by Crippen LogP contribution is -2.23. The molecule has 1 aromatic rings. The molecule has 0 aliphatic rings. The molecule has 6 heteroatoms. The number of ether oxygens (including phenoxy) is 1. The molecule has 0 spiro atoms. The van der Waals surface area contributed by atoms with Gasteiger partial charge in [-0.05, 0) is 20.3 Å². The molecule has 6 nitrogen and oxygen atoms in total. The number of aliphatic hydroxyl groups is 1.